The summed E-state index contributed by atoms with van der Waals surface area (Å²) in [4.78, 5) is 12.4. The number of aromatic nitrogens is 3. The van der Waals surface area contributed by atoms with E-state index in [1.165, 1.54) is 22.8 Å². The van der Waals surface area contributed by atoms with Crippen molar-refractivity contribution in [2.24, 2.45) is 0 Å². The average Bonchev–Trinajstić information content (AvgIpc) is 2.70. The quantitative estimate of drug-likeness (QED) is 0.710. The molecule has 0 amide bonds. The summed E-state index contributed by atoms with van der Waals surface area (Å²) in [6.45, 7) is 2.02. The second kappa shape index (κ2) is 7.04. The first-order chi connectivity index (χ1) is 13.4. The number of rotatable bonds is 3. The van der Waals surface area contributed by atoms with E-state index in [9.17, 15) is 12.8 Å². The lowest BCUT2D eigenvalue weighted by Gasteiger charge is -2.32. The molecule has 0 aliphatic carbocycles. The highest BCUT2D eigenvalue weighted by atomic mass is 32.2. The van der Waals surface area contributed by atoms with Crippen molar-refractivity contribution in [1.29, 1.82) is 0 Å². The molecule has 1 saturated heterocycles. The van der Waals surface area contributed by atoms with Gasteiger partial charge in [0.1, 0.15) is 24.1 Å². The van der Waals surface area contributed by atoms with Crippen LogP contribution < -0.4 is 5.73 Å². The van der Waals surface area contributed by atoms with Crippen LogP contribution in [0.3, 0.4) is 0 Å². The van der Waals surface area contributed by atoms with E-state index in [4.69, 9.17) is 10.5 Å². The van der Waals surface area contributed by atoms with Gasteiger partial charge in [0.2, 0.25) is 10.0 Å². The predicted octanol–water partition coefficient (Wildman–Crippen LogP) is 1.82. The van der Waals surface area contributed by atoms with Gasteiger partial charge in [-0.25, -0.2) is 27.8 Å². The number of fused-ring (bicyclic) bond motifs is 1. The van der Waals surface area contributed by atoms with Crippen molar-refractivity contribution in [3.8, 4) is 0 Å². The number of pyridine rings is 1. The van der Waals surface area contributed by atoms with Crippen LogP contribution in [0.4, 0.5) is 10.2 Å². The summed E-state index contributed by atoms with van der Waals surface area (Å²) >= 11 is 0. The lowest BCUT2D eigenvalue weighted by Crippen LogP contribution is -2.42. The summed E-state index contributed by atoms with van der Waals surface area (Å²) in [6, 6.07) is 7.36. The average molecular weight is 403 g/mol. The summed E-state index contributed by atoms with van der Waals surface area (Å²) in [7, 11) is -3.85. The smallest absolute Gasteiger partial charge is 0.243 e. The molecule has 28 heavy (non-hydrogen) atoms. The SMILES string of the molecule is Cc1ccc(S(=O)(=O)N2CCO[C@H](c3ccc4c(N)ncnc4n3)C2)cc1F. The van der Waals surface area contributed by atoms with E-state index in [1.807, 2.05) is 0 Å². The number of benzene rings is 1. The van der Waals surface area contributed by atoms with E-state index >= 15 is 0 Å². The Morgan fingerprint density at radius 2 is 2.07 bits per heavy atom. The molecule has 0 unspecified atom stereocenters. The highest BCUT2D eigenvalue weighted by molar-refractivity contribution is 7.89. The maximum Gasteiger partial charge on any atom is 0.243 e. The Morgan fingerprint density at radius 3 is 2.86 bits per heavy atom. The summed E-state index contributed by atoms with van der Waals surface area (Å²) in [5.74, 6) is -0.237. The zero-order valence-electron chi connectivity index (χ0n) is 15.0. The number of nitrogens with zero attached hydrogens (tertiary/aromatic N) is 4. The largest absolute Gasteiger partial charge is 0.383 e. The van der Waals surface area contributed by atoms with Crippen molar-refractivity contribution < 1.29 is 17.5 Å². The fraction of sp³-hybridized carbons (Fsp3) is 0.278. The lowest BCUT2D eigenvalue weighted by atomic mass is 10.2. The number of hydrogen-bond donors (Lipinski definition) is 1. The molecule has 8 nitrogen and oxygen atoms in total. The van der Waals surface area contributed by atoms with Gasteiger partial charge in [0, 0.05) is 13.1 Å². The second-order valence-corrected chi connectivity index (χ2v) is 8.44. The molecule has 146 valence electrons. The summed E-state index contributed by atoms with van der Waals surface area (Å²) in [6.07, 6.45) is 0.748. The zero-order valence-corrected chi connectivity index (χ0v) is 15.9. The number of nitrogen functional groups attached to an aromatic ring is 1. The second-order valence-electron chi connectivity index (χ2n) is 6.50. The molecular weight excluding hydrogens is 385 g/mol. The minimum Gasteiger partial charge on any atom is -0.383 e. The predicted molar refractivity (Wildman–Crippen MR) is 100 cm³/mol. The Morgan fingerprint density at radius 1 is 1.25 bits per heavy atom. The number of anilines is 1. The fourth-order valence-corrected chi connectivity index (χ4v) is 4.50. The Kier molecular flexibility index (Phi) is 4.69. The summed E-state index contributed by atoms with van der Waals surface area (Å²) < 4.78 is 46.7. The van der Waals surface area contributed by atoms with Crippen LogP contribution in [-0.2, 0) is 14.8 Å². The number of hydrogen-bond acceptors (Lipinski definition) is 7. The van der Waals surface area contributed by atoms with Gasteiger partial charge in [-0.15, -0.1) is 0 Å². The third-order valence-corrected chi connectivity index (χ3v) is 6.55. The Balaban J connectivity index is 1.63. The molecule has 10 heteroatoms. The summed E-state index contributed by atoms with van der Waals surface area (Å²) in [5, 5.41) is 0.613. The summed E-state index contributed by atoms with van der Waals surface area (Å²) in [5.41, 5.74) is 7.15. The number of halogens is 1. The molecule has 1 atom stereocenters. The third kappa shape index (κ3) is 3.30. The van der Waals surface area contributed by atoms with Crippen molar-refractivity contribution in [1.82, 2.24) is 19.3 Å². The molecule has 0 radical (unpaired) electrons. The molecule has 2 N–H and O–H groups in total. The van der Waals surface area contributed by atoms with Crippen molar-refractivity contribution >= 4 is 26.9 Å². The van der Waals surface area contributed by atoms with Crippen LogP contribution >= 0.6 is 0 Å². The standard InChI is InChI=1S/C18H18FN5O3S/c1-11-2-3-12(8-14(11)19)28(25,26)24-6-7-27-16(9-24)15-5-4-13-17(20)21-10-22-18(13)23-15/h2-5,8,10,16H,6-7,9H2,1H3,(H2,20,21,22,23)/t16-/m0/s1. The molecule has 4 rings (SSSR count). The molecule has 0 spiro atoms. The fourth-order valence-electron chi connectivity index (χ4n) is 3.06. The van der Waals surface area contributed by atoms with Gasteiger partial charge in [-0.05, 0) is 36.8 Å². The van der Waals surface area contributed by atoms with Crippen LogP contribution in [0.1, 0.15) is 17.4 Å². The molecule has 0 saturated carbocycles. The first kappa shape index (κ1) is 18.7. The Bertz CT molecular complexity index is 1160. The van der Waals surface area contributed by atoms with E-state index in [1.54, 1.807) is 19.1 Å². The van der Waals surface area contributed by atoms with E-state index in [2.05, 4.69) is 15.0 Å². The van der Waals surface area contributed by atoms with Crippen LogP contribution in [0.5, 0.6) is 0 Å². The van der Waals surface area contributed by atoms with Gasteiger partial charge in [-0.2, -0.15) is 4.31 Å². The monoisotopic (exact) mass is 403 g/mol. The number of nitrogens with two attached hydrogens (primary N) is 1. The molecule has 0 bridgehead atoms. The molecule has 1 aliphatic rings. The molecular formula is C18H18FN5O3S. The van der Waals surface area contributed by atoms with Crippen LogP contribution in [0.2, 0.25) is 0 Å². The topological polar surface area (TPSA) is 111 Å². The first-order valence-electron chi connectivity index (χ1n) is 8.61. The van der Waals surface area contributed by atoms with Gasteiger partial charge in [0.25, 0.3) is 0 Å². The first-order valence-corrected chi connectivity index (χ1v) is 10.1. The van der Waals surface area contributed by atoms with Crippen molar-refractivity contribution in [2.45, 2.75) is 17.9 Å². The molecule has 3 heterocycles. The van der Waals surface area contributed by atoms with Crippen LogP contribution in [0, 0.1) is 12.7 Å². The normalized spacial score (nSPS) is 18.4. The highest BCUT2D eigenvalue weighted by Crippen LogP contribution is 2.27. The third-order valence-electron chi connectivity index (χ3n) is 4.69. The molecule has 1 aromatic carbocycles. The number of morpholine rings is 1. The Labute approximate surface area is 161 Å². The highest BCUT2D eigenvalue weighted by Gasteiger charge is 2.32. The maximum atomic E-state index is 13.9. The van der Waals surface area contributed by atoms with Gasteiger partial charge < -0.3 is 10.5 Å². The van der Waals surface area contributed by atoms with Crippen LogP contribution in [0.15, 0.2) is 41.6 Å². The number of sulfonamides is 1. The number of aryl methyl sites for hydroxylation is 1. The minimum atomic E-state index is -3.85. The van der Waals surface area contributed by atoms with Crippen LogP contribution in [0.25, 0.3) is 11.0 Å². The van der Waals surface area contributed by atoms with E-state index in [0.717, 1.165) is 6.07 Å². The van der Waals surface area contributed by atoms with Crippen molar-refractivity contribution in [2.75, 3.05) is 25.4 Å². The molecule has 3 aromatic rings. The molecule has 1 fully saturated rings. The molecule has 1 aliphatic heterocycles. The minimum absolute atomic E-state index is 0.0664. The van der Waals surface area contributed by atoms with Crippen LogP contribution in [-0.4, -0.2) is 47.4 Å². The Hall–Kier alpha value is -2.69. The van der Waals surface area contributed by atoms with Crippen molar-refractivity contribution in [3.63, 3.8) is 0 Å². The van der Waals surface area contributed by atoms with Gasteiger partial charge in [0.05, 0.1) is 22.6 Å². The lowest BCUT2D eigenvalue weighted by molar-refractivity contribution is -0.00479. The van der Waals surface area contributed by atoms with E-state index < -0.39 is 21.9 Å². The maximum absolute atomic E-state index is 13.9. The van der Waals surface area contributed by atoms with Gasteiger partial charge in [-0.1, -0.05) is 6.07 Å². The van der Waals surface area contributed by atoms with Gasteiger partial charge in [-0.3, -0.25) is 0 Å². The van der Waals surface area contributed by atoms with E-state index in [-0.39, 0.29) is 24.6 Å². The van der Waals surface area contributed by atoms with Crippen molar-refractivity contribution in [3.05, 3.63) is 53.7 Å². The van der Waals surface area contributed by atoms with Gasteiger partial charge in [0.15, 0.2) is 5.65 Å². The zero-order chi connectivity index (χ0) is 19.9. The van der Waals surface area contributed by atoms with Gasteiger partial charge >= 0.3 is 0 Å². The van der Waals surface area contributed by atoms with E-state index in [0.29, 0.717) is 28.1 Å². The molecule has 2 aromatic heterocycles. The number of ether oxygens (including phenoxy) is 1.